The predicted molar refractivity (Wildman–Crippen MR) is 107 cm³/mol. The highest BCUT2D eigenvalue weighted by Gasteiger charge is 2.21. The summed E-state index contributed by atoms with van der Waals surface area (Å²) in [5, 5.41) is 17.5. The van der Waals surface area contributed by atoms with E-state index >= 15 is 0 Å². The fourth-order valence-corrected chi connectivity index (χ4v) is 3.14. The SMILES string of the molecule is Cc1cccc(C(=O)N[C@@H](C)C(=O)N[C@@H](Cc2c[nH]c3ccccc23)C(=O)[O-])c1. The van der Waals surface area contributed by atoms with Gasteiger partial charge in [0, 0.05) is 29.1 Å². The average molecular weight is 392 g/mol. The van der Waals surface area contributed by atoms with Crippen LogP contribution in [0.3, 0.4) is 0 Å². The van der Waals surface area contributed by atoms with Crippen molar-refractivity contribution < 1.29 is 19.5 Å². The zero-order chi connectivity index (χ0) is 21.0. The summed E-state index contributed by atoms with van der Waals surface area (Å²) in [6.07, 6.45) is 1.78. The third kappa shape index (κ3) is 4.82. The average Bonchev–Trinajstić information content (AvgIpc) is 3.10. The van der Waals surface area contributed by atoms with Crippen LogP contribution in [-0.4, -0.2) is 34.9 Å². The molecule has 29 heavy (non-hydrogen) atoms. The number of aromatic amines is 1. The Kier molecular flexibility index (Phi) is 5.97. The molecular weight excluding hydrogens is 370 g/mol. The van der Waals surface area contributed by atoms with E-state index in [1.165, 1.54) is 6.92 Å². The summed E-state index contributed by atoms with van der Waals surface area (Å²) in [5.74, 6) is -2.39. The van der Waals surface area contributed by atoms with Gasteiger partial charge < -0.3 is 25.5 Å². The van der Waals surface area contributed by atoms with E-state index < -0.39 is 29.9 Å². The highest BCUT2D eigenvalue weighted by Crippen LogP contribution is 2.19. The van der Waals surface area contributed by atoms with Gasteiger partial charge in [-0.25, -0.2) is 0 Å². The molecule has 1 aromatic heterocycles. The molecule has 2 atom stereocenters. The van der Waals surface area contributed by atoms with Gasteiger partial charge in [-0.05, 0) is 37.6 Å². The number of para-hydroxylation sites is 1. The molecular formula is C22H22N3O4-. The lowest BCUT2D eigenvalue weighted by molar-refractivity contribution is -0.308. The Labute approximate surface area is 168 Å². The van der Waals surface area contributed by atoms with Crippen LogP contribution in [0, 0.1) is 6.92 Å². The molecule has 0 radical (unpaired) electrons. The Bertz CT molecular complexity index is 1060. The minimum absolute atomic E-state index is 0.0661. The van der Waals surface area contributed by atoms with E-state index in [-0.39, 0.29) is 6.42 Å². The molecule has 3 N–H and O–H groups in total. The monoisotopic (exact) mass is 392 g/mol. The Morgan fingerprint density at radius 2 is 1.83 bits per heavy atom. The second-order valence-electron chi connectivity index (χ2n) is 7.01. The van der Waals surface area contributed by atoms with Gasteiger partial charge in [-0.3, -0.25) is 9.59 Å². The van der Waals surface area contributed by atoms with Crippen LogP contribution >= 0.6 is 0 Å². The second-order valence-corrected chi connectivity index (χ2v) is 7.01. The molecule has 150 valence electrons. The van der Waals surface area contributed by atoms with Crippen LogP contribution in [0.25, 0.3) is 10.9 Å². The number of carboxylic acids is 1. The Hall–Kier alpha value is -3.61. The van der Waals surface area contributed by atoms with Crippen LogP contribution in [0.5, 0.6) is 0 Å². The summed E-state index contributed by atoms with van der Waals surface area (Å²) < 4.78 is 0. The van der Waals surface area contributed by atoms with Crippen molar-refractivity contribution in [2.75, 3.05) is 0 Å². The molecule has 2 amide bonds. The van der Waals surface area contributed by atoms with Crippen molar-refractivity contribution in [3.8, 4) is 0 Å². The van der Waals surface area contributed by atoms with Gasteiger partial charge in [-0.1, -0.05) is 35.9 Å². The van der Waals surface area contributed by atoms with E-state index in [1.807, 2.05) is 37.3 Å². The molecule has 2 aromatic carbocycles. The number of hydrogen-bond donors (Lipinski definition) is 3. The van der Waals surface area contributed by atoms with Crippen molar-refractivity contribution >= 4 is 28.7 Å². The fraction of sp³-hybridized carbons (Fsp3) is 0.227. The standard InChI is InChI=1S/C22H23N3O4/c1-13-6-5-7-15(10-13)21(27)24-14(2)20(26)25-19(22(28)29)11-16-12-23-18-9-4-3-8-17(16)18/h3-10,12,14,19,23H,11H2,1-2H3,(H,24,27)(H,25,26)(H,28,29)/p-1/t14-,19-/m0/s1. The molecule has 1 heterocycles. The number of rotatable bonds is 7. The zero-order valence-corrected chi connectivity index (χ0v) is 16.2. The van der Waals surface area contributed by atoms with Crippen molar-refractivity contribution in [1.29, 1.82) is 0 Å². The predicted octanol–water partition coefficient (Wildman–Crippen LogP) is 1.07. The number of benzene rings is 2. The molecule has 0 aliphatic heterocycles. The highest BCUT2D eigenvalue weighted by atomic mass is 16.4. The van der Waals surface area contributed by atoms with E-state index in [1.54, 1.807) is 24.4 Å². The van der Waals surface area contributed by atoms with Gasteiger partial charge in [0.25, 0.3) is 5.91 Å². The normalized spacial score (nSPS) is 12.9. The minimum Gasteiger partial charge on any atom is -0.548 e. The maximum Gasteiger partial charge on any atom is 0.251 e. The van der Waals surface area contributed by atoms with E-state index in [0.29, 0.717) is 5.56 Å². The van der Waals surface area contributed by atoms with Crippen molar-refractivity contribution in [3.63, 3.8) is 0 Å². The minimum atomic E-state index is -1.39. The number of aromatic nitrogens is 1. The second kappa shape index (κ2) is 8.60. The summed E-state index contributed by atoms with van der Waals surface area (Å²) in [4.78, 5) is 39.4. The summed E-state index contributed by atoms with van der Waals surface area (Å²) in [5.41, 5.74) is 2.99. The summed E-state index contributed by atoms with van der Waals surface area (Å²) in [6, 6.07) is 12.3. The van der Waals surface area contributed by atoms with Gasteiger partial charge in [0.1, 0.15) is 6.04 Å². The number of nitrogens with one attached hydrogen (secondary N) is 3. The van der Waals surface area contributed by atoms with Crippen LogP contribution in [0.4, 0.5) is 0 Å². The number of aryl methyl sites for hydroxylation is 1. The van der Waals surface area contributed by atoms with Crippen LogP contribution in [0.15, 0.2) is 54.7 Å². The lowest BCUT2D eigenvalue weighted by Crippen LogP contribution is -2.54. The molecule has 3 rings (SSSR count). The lowest BCUT2D eigenvalue weighted by Gasteiger charge is -2.22. The molecule has 0 unspecified atom stereocenters. The number of hydrogen-bond acceptors (Lipinski definition) is 4. The molecule has 0 saturated heterocycles. The maximum absolute atomic E-state index is 12.5. The maximum atomic E-state index is 12.5. The van der Waals surface area contributed by atoms with Gasteiger partial charge in [0.15, 0.2) is 0 Å². The van der Waals surface area contributed by atoms with Crippen LogP contribution in [0.2, 0.25) is 0 Å². The van der Waals surface area contributed by atoms with Crippen molar-refractivity contribution in [1.82, 2.24) is 15.6 Å². The Morgan fingerprint density at radius 1 is 1.07 bits per heavy atom. The van der Waals surface area contributed by atoms with E-state index in [9.17, 15) is 19.5 Å². The zero-order valence-electron chi connectivity index (χ0n) is 16.2. The number of carbonyl (C=O) groups excluding carboxylic acids is 3. The number of amides is 2. The quantitative estimate of drug-likeness (QED) is 0.558. The molecule has 0 aliphatic carbocycles. The van der Waals surface area contributed by atoms with E-state index in [0.717, 1.165) is 22.0 Å². The molecule has 0 spiro atoms. The van der Waals surface area contributed by atoms with Crippen LogP contribution in [-0.2, 0) is 16.0 Å². The molecule has 7 heteroatoms. The topological polar surface area (TPSA) is 114 Å². The van der Waals surface area contributed by atoms with Gasteiger partial charge >= 0.3 is 0 Å². The van der Waals surface area contributed by atoms with Crippen LogP contribution < -0.4 is 15.7 Å². The molecule has 0 bridgehead atoms. The van der Waals surface area contributed by atoms with Crippen molar-refractivity contribution in [3.05, 3.63) is 71.4 Å². The van der Waals surface area contributed by atoms with Crippen LogP contribution in [0.1, 0.15) is 28.4 Å². The first-order valence-electron chi connectivity index (χ1n) is 9.29. The largest absolute Gasteiger partial charge is 0.548 e. The van der Waals surface area contributed by atoms with Gasteiger partial charge in [-0.2, -0.15) is 0 Å². The number of H-pyrrole nitrogens is 1. The highest BCUT2D eigenvalue weighted by molar-refractivity contribution is 5.98. The van der Waals surface area contributed by atoms with E-state index in [2.05, 4.69) is 15.6 Å². The number of carboxylic acid groups (broad SMARTS) is 1. The first-order valence-corrected chi connectivity index (χ1v) is 9.29. The smallest absolute Gasteiger partial charge is 0.251 e. The fourth-order valence-electron chi connectivity index (χ4n) is 3.14. The first-order chi connectivity index (χ1) is 13.8. The summed E-state index contributed by atoms with van der Waals surface area (Å²) >= 11 is 0. The van der Waals surface area contributed by atoms with Gasteiger partial charge in [-0.15, -0.1) is 0 Å². The molecule has 7 nitrogen and oxygen atoms in total. The number of fused-ring (bicyclic) bond motifs is 1. The van der Waals surface area contributed by atoms with Crippen molar-refractivity contribution in [2.24, 2.45) is 0 Å². The molecule has 0 aliphatic rings. The Balaban J connectivity index is 1.66. The third-order valence-corrected chi connectivity index (χ3v) is 4.72. The Morgan fingerprint density at radius 3 is 2.55 bits per heavy atom. The number of aliphatic carboxylic acids is 1. The lowest BCUT2D eigenvalue weighted by atomic mass is 10.0. The first kappa shape index (κ1) is 20.1. The van der Waals surface area contributed by atoms with Gasteiger partial charge in [0.2, 0.25) is 5.91 Å². The third-order valence-electron chi connectivity index (χ3n) is 4.72. The summed E-state index contributed by atoms with van der Waals surface area (Å²) in [7, 11) is 0. The number of carbonyl (C=O) groups is 3. The van der Waals surface area contributed by atoms with Gasteiger partial charge in [0.05, 0.1) is 12.0 Å². The van der Waals surface area contributed by atoms with Crippen molar-refractivity contribution in [2.45, 2.75) is 32.4 Å². The molecule has 3 aromatic rings. The summed E-state index contributed by atoms with van der Waals surface area (Å²) in [6.45, 7) is 3.36. The molecule has 0 saturated carbocycles. The van der Waals surface area contributed by atoms with E-state index in [4.69, 9.17) is 0 Å². The molecule has 0 fully saturated rings.